The van der Waals surface area contributed by atoms with Crippen LogP contribution in [-0.2, 0) is 28.6 Å². The largest absolute Gasteiger partial charge is 0.462 e. The Morgan fingerprint density at radius 1 is 0.323 bits per heavy atom. The van der Waals surface area contributed by atoms with Gasteiger partial charge in [-0.3, -0.25) is 14.4 Å². The lowest BCUT2D eigenvalue weighted by Crippen LogP contribution is -2.30. The number of allylic oxidation sites excluding steroid dienone is 22. The van der Waals surface area contributed by atoms with Crippen LogP contribution in [0.5, 0.6) is 0 Å². The Morgan fingerprint density at radius 2 is 0.631 bits per heavy atom. The Labute approximate surface area is 398 Å². The Kier molecular flexibility index (Phi) is 48.6. The lowest BCUT2D eigenvalue weighted by molar-refractivity contribution is -0.166. The number of hydrogen-bond donors (Lipinski definition) is 0. The molecule has 0 saturated heterocycles. The van der Waals surface area contributed by atoms with E-state index in [-0.39, 0.29) is 44.0 Å². The third-order valence-electron chi connectivity index (χ3n) is 10.1. The number of esters is 3. The van der Waals surface area contributed by atoms with Crippen molar-refractivity contribution < 1.29 is 28.6 Å². The predicted molar refractivity (Wildman–Crippen MR) is 279 cm³/mol. The van der Waals surface area contributed by atoms with Gasteiger partial charge in [-0.25, -0.2) is 0 Å². The minimum Gasteiger partial charge on any atom is -0.462 e. The summed E-state index contributed by atoms with van der Waals surface area (Å²) in [5.74, 6) is -1.08. The summed E-state index contributed by atoms with van der Waals surface area (Å²) >= 11 is 0. The number of unbranched alkanes of at least 4 members (excludes halogenated alkanes) is 11. The third-order valence-corrected chi connectivity index (χ3v) is 10.1. The van der Waals surface area contributed by atoms with Gasteiger partial charge >= 0.3 is 17.9 Å². The van der Waals surface area contributed by atoms with E-state index in [9.17, 15) is 14.4 Å². The maximum absolute atomic E-state index is 12.8. The van der Waals surface area contributed by atoms with Gasteiger partial charge in [-0.1, -0.05) is 193 Å². The predicted octanol–water partition coefficient (Wildman–Crippen LogP) is 17.1. The molecule has 1 atom stereocenters. The molecule has 0 saturated carbocycles. The van der Waals surface area contributed by atoms with Crippen LogP contribution in [0.4, 0.5) is 0 Å². The van der Waals surface area contributed by atoms with E-state index in [2.05, 4.69) is 142 Å². The van der Waals surface area contributed by atoms with Crippen LogP contribution in [0.2, 0.25) is 0 Å². The number of hydrogen-bond acceptors (Lipinski definition) is 6. The summed E-state index contributed by atoms with van der Waals surface area (Å²) in [5.41, 5.74) is 0. The molecule has 0 aromatic carbocycles. The van der Waals surface area contributed by atoms with Crippen LogP contribution < -0.4 is 0 Å². The molecule has 0 aromatic heterocycles. The van der Waals surface area contributed by atoms with E-state index in [0.29, 0.717) is 19.3 Å². The molecule has 0 N–H and O–H groups in total. The van der Waals surface area contributed by atoms with Crippen molar-refractivity contribution in [2.75, 3.05) is 13.2 Å². The molecule has 0 aliphatic heterocycles. The molecule has 0 aliphatic carbocycles. The monoisotopic (exact) mass is 897 g/mol. The summed E-state index contributed by atoms with van der Waals surface area (Å²) in [6, 6.07) is 0. The Balaban J connectivity index is 4.60. The van der Waals surface area contributed by atoms with Crippen LogP contribution >= 0.6 is 0 Å². The molecule has 0 spiro atoms. The average Bonchev–Trinajstić information content (AvgIpc) is 3.30. The minimum atomic E-state index is -0.838. The van der Waals surface area contributed by atoms with Gasteiger partial charge in [0.2, 0.25) is 0 Å². The SMILES string of the molecule is CC/C=C\C/C=C\C/C=C\C/C=C\C/C=C\C/C=C\CCC(=O)OCC(COC(=O)CCCCCCC/C=C\CCCCCC)OC(=O)CCCC/C=C\C/C=C\C/C=C\C/C=C\CC. The van der Waals surface area contributed by atoms with Crippen LogP contribution in [-0.4, -0.2) is 37.2 Å². The second kappa shape index (κ2) is 52.2. The van der Waals surface area contributed by atoms with Crippen molar-refractivity contribution in [3.8, 4) is 0 Å². The Bertz CT molecular complexity index is 1450. The maximum atomic E-state index is 12.8. The van der Waals surface area contributed by atoms with Crippen molar-refractivity contribution in [1.29, 1.82) is 0 Å². The number of rotatable bonds is 44. The molecule has 6 heteroatoms. The van der Waals surface area contributed by atoms with Crippen molar-refractivity contribution in [3.63, 3.8) is 0 Å². The van der Waals surface area contributed by atoms with Crippen LogP contribution in [0.25, 0.3) is 0 Å². The summed E-state index contributed by atoms with van der Waals surface area (Å²) in [4.78, 5) is 37.9. The zero-order chi connectivity index (χ0) is 47.2. The standard InChI is InChI=1S/C59H92O6/c1-4-7-10-13-16-19-22-25-27-28-29-30-32-34-37-40-43-46-49-52-58(61)64-55-56(54-63-57(60)51-48-45-42-39-36-33-24-21-18-15-12-9-6-3)65-59(62)53-50-47-44-41-38-35-31-26-23-20-17-14-11-8-5-2/h7-8,10-11,16-17,19-21,24-27,29-31,34,37-38,41,43,46,56H,4-6,9,12-15,18,22-23,28,32-33,35-36,39-40,42,44-45,47-55H2,1-3H3/b10-7-,11-8-,19-16-,20-17-,24-21-,27-25-,30-29-,31-26-,37-34-,41-38-,46-43-. The molecule has 0 aromatic rings. The van der Waals surface area contributed by atoms with E-state index in [1.165, 1.54) is 38.5 Å². The molecule has 0 bridgehead atoms. The fraction of sp³-hybridized carbons (Fsp3) is 0.576. The van der Waals surface area contributed by atoms with E-state index in [1.807, 2.05) is 12.2 Å². The summed E-state index contributed by atoms with van der Waals surface area (Å²) in [7, 11) is 0. The topological polar surface area (TPSA) is 78.9 Å². The quantitative estimate of drug-likeness (QED) is 0.0262. The molecular weight excluding hydrogens is 805 g/mol. The van der Waals surface area contributed by atoms with Gasteiger partial charge in [0.25, 0.3) is 0 Å². The molecule has 0 heterocycles. The molecule has 0 fully saturated rings. The highest BCUT2D eigenvalue weighted by molar-refractivity contribution is 5.71. The summed E-state index contributed by atoms with van der Waals surface area (Å²) in [6.45, 7) is 6.26. The first kappa shape index (κ1) is 60.5. The summed E-state index contributed by atoms with van der Waals surface area (Å²) in [5, 5.41) is 0. The van der Waals surface area contributed by atoms with E-state index in [4.69, 9.17) is 14.2 Å². The lowest BCUT2D eigenvalue weighted by atomic mass is 10.1. The number of carbonyl (C=O) groups excluding carboxylic acids is 3. The molecule has 6 nitrogen and oxygen atoms in total. The molecule has 65 heavy (non-hydrogen) atoms. The van der Waals surface area contributed by atoms with Gasteiger partial charge in [0, 0.05) is 19.3 Å². The molecule has 0 amide bonds. The van der Waals surface area contributed by atoms with E-state index in [1.54, 1.807) is 0 Å². The second-order valence-corrected chi connectivity index (χ2v) is 16.3. The fourth-order valence-corrected chi connectivity index (χ4v) is 6.33. The smallest absolute Gasteiger partial charge is 0.306 e. The van der Waals surface area contributed by atoms with E-state index >= 15 is 0 Å². The van der Waals surface area contributed by atoms with Crippen LogP contribution in [0.15, 0.2) is 134 Å². The maximum Gasteiger partial charge on any atom is 0.306 e. The zero-order valence-electron chi connectivity index (χ0n) is 41.4. The van der Waals surface area contributed by atoms with Crippen LogP contribution in [0, 0.1) is 0 Å². The van der Waals surface area contributed by atoms with Gasteiger partial charge in [-0.15, -0.1) is 0 Å². The average molecular weight is 897 g/mol. The third kappa shape index (κ3) is 50.4. The van der Waals surface area contributed by atoms with E-state index in [0.717, 1.165) is 109 Å². The highest BCUT2D eigenvalue weighted by Gasteiger charge is 2.19. The van der Waals surface area contributed by atoms with Crippen LogP contribution in [0.1, 0.15) is 201 Å². The van der Waals surface area contributed by atoms with Crippen LogP contribution in [0.3, 0.4) is 0 Å². The first-order valence-electron chi connectivity index (χ1n) is 25.7. The molecular formula is C59H92O6. The second-order valence-electron chi connectivity index (χ2n) is 16.3. The molecule has 0 radical (unpaired) electrons. The molecule has 364 valence electrons. The number of ether oxygens (including phenoxy) is 3. The van der Waals surface area contributed by atoms with Gasteiger partial charge in [0.15, 0.2) is 6.10 Å². The van der Waals surface area contributed by atoms with Crippen molar-refractivity contribution in [2.24, 2.45) is 0 Å². The summed E-state index contributed by atoms with van der Waals surface area (Å²) in [6.07, 6.45) is 73.0. The molecule has 0 rings (SSSR count). The van der Waals surface area contributed by atoms with Gasteiger partial charge in [0.05, 0.1) is 0 Å². The first-order valence-corrected chi connectivity index (χ1v) is 25.7. The van der Waals surface area contributed by atoms with Crippen molar-refractivity contribution in [2.45, 2.75) is 207 Å². The van der Waals surface area contributed by atoms with Crippen molar-refractivity contribution in [1.82, 2.24) is 0 Å². The summed E-state index contributed by atoms with van der Waals surface area (Å²) < 4.78 is 16.7. The number of carbonyl (C=O) groups is 3. The highest BCUT2D eigenvalue weighted by Crippen LogP contribution is 2.11. The lowest BCUT2D eigenvalue weighted by Gasteiger charge is -2.18. The van der Waals surface area contributed by atoms with E-state index < -0.39 is 6.10 Å². The molecule has 0 aliphatic rings. The van der Waals surface area contributed by atoms with Gasteiger partial charge in [0.1, 0.15) is 13.2 Å². The first-order chi connectivity index (χ1) is 32.0. The fourth-order valence-electron chi connectivity index (χ4n) is 6.33. The highest BCUT2D eigenvalue weighted by atomic mass is 16.6. The van der Waals surface area contributed by atoms with Crippen molar-refractivity contribution in [3.05, 3.63) is 134 Å². The normalized spacial score (nSPS) is 13.2. The zero-order valence-corrected chi connectivity index (χ0v) is 41.4. The Morgan fingerprint density at radius 3 is 1.08 bits per heavy atom. The minimum absolute atomic E-state index is 0.127. The van der Waals surface area contributed by atoms with Gasteiger partial charge in [-0.05, 0) is 122 Å². The molecule has 1 unspecified atom stereocenters. The van der Waals surface area contributed by atoms with Crippen molar-refractivity contribution >= 4 is 17.9 Å². The Hall–Kier alpha value is -4.45. The van der Waals surface area contributed by atoms with Gasteiger partial charge < -0.3 is 14.2 Å². The van der Waals surface area contributed by atoms with Gasteiger partial charge in [-0.2, -0.15) is 0 Å².